The molecule has 2 aliphatic rings. The molecule has 1 fully saturated rings. The van der Waals surface area contributed by atoms with Gasteiger partial charge in [0.15, 0.2) is 0 Å². The number of hydrogen-bond donors (Lipinski definition) is 0. The second-order valence-corrected chi connectivity index (χ2v) is 5.83. The minimum Gasteiger partial charge on any atom is -0.495 e. The van der Waals surface area contributed by atoms with Crippen LogP contribution in [0.5, 0.6) is 0 Å². The molecule has 2 rings (SSSR count). The van der Waals surface area contributed by atoms with E-state index in [1.54, 1.807) is 0 Å². The fourth-order valence-corrected chi connectivity index (χ4v) is 3.57. The molecule has 0 N–H and O–H groups in total. The number of hydrogen-bond acceptors (Lipinski definition) is 1. The molecular formula is C14H24O. The largest absolute Gasteiger partial charge is 0.495 e. The summed E-state index contributed by atoms with van der Waals surface area (Å²) in [5.74, 6) is 2.36. The summed E-state index contributed by atoms with van der Waals surface area (Å²) >= 11 is 0. The van der Waals surface area contributed by atoms with Crippen LogP contribution in [0.3, 0.4) is 0 Å². The third-order valence-electron chi connectivity index (χ3n) is 4.28. The Morgan fingerprint density at radius 3 is 2.73 bits per heavy atom. The Morgan fingerprint density at radius 2 is 2.13 bits per heavy atom. The van der Waals surface area contributed by atoms with Gasteiger partial charge in [-0.05, 0) is 43.6 Å². The van der Waals surface area contributed by atoms with Crippen molar-refractivity contribution >= 4 is 0 Å². The van der Waals surface area contributed by atoms with Gasteiger partial charge in [-0.3, -0.25) is 0 Å². The molecule has 0 radical (unpaired) electrons. The van der Waals surface area contributed by atoms with Crippen molar-refractivity contribution in [2.45, 2.75) is 58.5 Å². The van der Waals surface area contributed by atoms with Crippen molar-refractivity contribution in [3.63, 3.8) is 0 Å². The van der Waals surface area contributed by atoms with E-state index in [9.17, 15) is 0 Å². The second-order valence-electron chi connectivity index (χ2n) is 5.83. The average molecular weight is 208 g/mol. The Labute approximate surface area is 93.9 Å². The molecule has 15 heavy (non-hydrogen) atoms. The predicted molar refractivity (Wildman–Crippen MR) is 63.5 cm³/mol. The number of ether oxygens (including phenoxy) is 1. The van der Waals surface area contributed by atoms with Crippen LogP contribution in [0.2, 0.25) is 0 Å². The zero-order valence-electron chi connectivity index (χ0n) is 10.3. The molecule has 0 aromatic carbocycles. The van der Waals surface area contributed by atoms with Crippen LogP contribution in [0.15, 0.2) is 12.3 Å². The number of rotatable bonds is 1. The van der Waals surface area contributed by atoms with Crippen molar-refractivity contribution in [1.29, 1.82) is 0 Å². The van der Waals surface area contributed by atoms with Crippen LogP contribution in [0, 0.1) is 17.8 Å². The van der Waals surface area contributed by atoms with E-state index in [4.69, 9.17) is 4.74 Å². The molecule has 0 bridgehead atoms. The van der Waals surface area contributed by atoms with Crippen LogP contribution < -0.4 is 0 Å². The molecule has 1 spiro atoms. The highest BCUT2D eigenvalue weighted by atomic mass is 16.5. The van der Waals surface area contributed by atoms with E-state index in [-0.39, 0.29) is 5.60 Å². The highest BCUT2D eigenvalue weighted by molar-refractivity contribution is 5.00. The van der Waals surface area contributed by atoms with Gasteiger partial charge in [0.05, 0.1) is 6.26 Å². The van der Waals surface area contributed by atoms with Gasteiger partial charge in [0.25, 0.3) is 0 Å². The van der Waals surface area contributed by atoms with Gasteiger partial charge in [0.1, 0.15) is 5.60 Å². The summed E-state index contributed by atoms with van der Waals surface area (Å²) in [7, 11) is 0. The Hall–Kier alpha value is -0.460. The summed E-state index contributed by atoms with van der Waals surface area (Å²) in [5.41, 5.74) is 0.181. The minimum atomic E-state index is 0.181. The molecule has 1 heterocycles. The Bertz CT molecular complexity index is 244. The van der Waals surface area contributed by atoms with E-state index in [0.717, 1.165) is 17.8 Å². The fraction of sp³-hybridized carbons (Fsp3) is 0.857. The second kappa shape index (κ2) is 4.19. The van der Waals surface area contributed by atoms with Gasteiger partial charge in [0, 0.05) is 5.92 Å². The molecule has 1 aliphatic carbocycles. The van der Waals surface area contributed by atoms with Gasteiger partial charge in [0.2, 0.25) is 0 Å². The highest BCUT2D eigenvalue weighted by Gasteiger charge is 2.45. The lowest BCUT2D eigenvalue weighted by Crippen LogP contribution is -2.47. The van der Waals surface area contributed by atoms with Crippen molar-refractivity contribution in [2.75, 3.05) is 0 Å². The summed E-state index contributed by atoms with van der Waals surface area (Å²) in [6, 6.07) is 0. The van der Waals surface area contributed by atoms with Crippen LogP contribution >= 0.6 is 0 Å². The van der Waals surface area contributed by atoms with E-state index in [1.165, 1.54) is 32.1 Å². The van der Waals surface area contributed by atoms with Crippen LogP contribution in [-0.2, 0) is 4.74 Å². The maximum atomic E-state index is 6.07. The zero-order chi connectivity index (χ0) is 10.9. The SMILES string of the molecule is CC(C)[C@@H]1CC[C@@H](C)C[C@]12CCC=CO2. The first-order chi connectivity index (χ1) is 7.14. The standard InChI is InChI=1S/C14H24O/c1-11(2)13-7-6-12(3)10-14(13)8-4-5-9-15-14/h5,9,11-13H,4,6-8,10H2,1-3H3/t12-,13+,14-/m1/s1. The summed E-state index contributed by atoms with van der Waals surface area (Å²) in [4.78, 5) is 0. The lowest BCUT2D eigenvalue weighted by Gasteiger charge is -2.48. The van der Waals surface area contributed by atoms with Gasteiger partial charge in [-0.2, -0.15) is 0 Å². The van der Waals surface area contributed by atoms with E-state index < -0.39 is 0 Å². The first kappa shape index (κ1) is 11.0. The molecule has 0 saturated heterocycles. The van der Waals surface area contributed by atoms with Crippen LogP contribution in [0.1, 0.15) is 52.9 Å². The van der Waals surface area contributed by atoms with E-state index in [2.05, 4.69) is 26.8 Å². The van der Waals surface area contributed by atoms with Gasteiger partial charge < -0.3 is 4.74 Å². The topological polar surface area (TPSA) is 9.23 Å². The van der Waals surface area contributed by atoms with Crippen molar-refractivity contribution in [1.82, 2.24) is 0 Å². The molecule has 0 aromatic rings. The smallest absolute Gasteiger partial charge is 0.112 e. The third-order valence-corrected chi connectivity index (χ3v) is 4.28. The molecule has 1 nitrogen and oxygen atoms in total. The summed E-state index contributed by atoms with van der Waals surface area (Å²) in [6.07, 6.45) is 10.6. The highest BCUT2D eigenvalue weighted by Crippen LogP contribution is 2.47. The molecule has 3 atom stereocenters. The maximum Gasteiger partial charge on any atom is 0.112 e. The quantitative estimate of drug-likeness (QED) is 0.629. The van der Waals surface area contributed by atoms with Crippen molar-refractivity contribution in [2.24, 2.45) is 17.8 Å². The normalized spacial score (nSPS) is 40.8. The van der Waals surface area contributed by atoms with Gasteiger partial charge in [-0.25, -0.2) is 0 Å². The Morgan fingerprint density at radius 1 is 1.33 bits per heavy atom. The van der Waals surface area contributed by atoms with Crippen LogP contribution in [0.25, 0.3) is 0 Å². The Kier molecular flexibility index (Phi) is 3.08. The third kappa shape index (κ3) is 2.07. The monoisotopic (exact) mass is 208 g/mol. The Balaban J connectivity index is 2.18. The minimum absolute atomic E-state index is 0.181. The maximum absolute atomic E-state index is 6.07. The molecule has 86 valence electrons. The summed E-state index contributed by atoms with van der Waals surface area (Å²) in [5, 5.41) is 0. The van der Waals surface area contributed by atoms with E-state index >= 15 is 0 Å². The first-order valence-electron chi connectivity index (χ1n) is 6.47. The lowest BCUT2D eigenvalue weighted by molar-refractivity contribution is -0.100. The van der Waals surface area contributed by atoms with E-state index in [0.29, 0.717) is 0 Å². The fourth-order valence-electron chi connectivity index (χ4n) is 3.57. The number of allylic oxidation sites excluding steroid dienone is 1. The van der Waals surface area contributed by atoms with Gasteiger partial charge in [-0.1, -0.05) is 27.2 Å². The van der Waals surface area contributed by atoms with Crippen molar-refractivity contribution in [3.05, 3.63) is 12.3 Å². The van der Waals surface area contributed by atoms with E-state index in [1.807, 2.05) is 6.26 Å². The van der Waals surface area contributed by atoms with Crippen LogP contribution in [-0.4, -0.2) is 5.60 Å². The molecule has 0 unspecified atom stereocenters. The molecule has 1 heteroatoms. The first-order valence-corrected chi connectivity index (χ1v) is 6.47. The molecule has 0 aromatic heterocycles. The van der Waals surface area contributed by atoms with Crippen molar-refractivity contribution in [3.8, 4) is 0 Å². The zero-order valence-corrected chi connectivity index (χ0v) is 10.3. The predicted octanol–water partition coefficient (Wildman–Crippen LogP) is 4.14. The lowest BCUT2D eigenvalue weighted by atomic mass is 9.65. The molecular weight excluding hydrogens is 184 g/mol. The van der Waals surface area contributed by atoms with Crippen molar-refractivity contribution < 1.29 is 4.74 Å². The summed E-state index contributed by atoms with van der Waals surface area (Å²) in [6.45, 7) is 7.08. The average Bonchev–Trinajstić information content (AvgIpc) is 2.18. The molecule has 1 aliphatic heterocycles. The molecule has 1 saturated carbocycles. The van der Waals surface area contributed by atoms with Gasteiger partial charge >= 0.3 is 0 Å². The summed E-state index contributed by atoms with van der Waals surface area (Å²) < 4.78 is 6.07. The van der Waals surface area contributed by atoms with Crippen LogP contribution in [0.4, 0.5) is 0 Å². The molecule has 0 amide bonds. The van der Waals surface area contributed by atoms with Gasteiger partial charge in [-0.15, -0.1) is 0 Å².